The molecule has 2 aromatic carbocycles. The van der Waals surface area contributed by atoms with Crippen LogP contribution in [0.5, 0.6) is 11.5 Å². The van der Waals surface area contributed by atoms with Crippen molar-refractivity contribution in [1.29, 1.82) is 0 Å². The molecule has 3 rings (SSSR count). The zero-order valence-corrected chi connectivity index (χ0v) is 17.7. The molecule has 0 atom stereocenters. The number of hydrogen-bond acceptors (Lipinski definition) is 8. The number of nitro groups is 1. The Morgan fingerprint density at radius 2 is 1.97 bits per heavy atom. The number of carbonyl (C=O) groups excluding carboxylic acids is 3. The number of thioether (sulfide) groups is 1. The first-order valence-corrected chi connectivity index (χ1v) is 9.91. The topological polar surface area (TPSA) is 127 Å². The number of phenolic OH excluding ortho intramolecular Hbond substituents is 1. The van der Waals surface area contributed by atoms with Gasteiger partial charge in [0, 0.05) is 17.7 Å². The minimum Gasteiger partial charge on any atom is -0.503 e. The van der Waals surface area contributed by atoms with Crippen LogP contribution in [0.15, 0.2) is 45.8 Å². The molecule has 11 heteroatoms. The molecule has 1 heterocycles. The molecular weight excluding hydrogens is 480 g/mol. The second-order valence-corrected chi connectivity index (χ2v) is 7.90. The van der Waals surface area contributed by atoms with Gasteiger partial charge in [0.25, 0.3) is 16.8 Å². The predicted octanol–water partition coefficient (Wildman–Crippen LogP) is 3.99. The van der Waals surface area contributed by atoms with Crippen LogP contribution in [-0.2, 0) is 4.79 Å². The number of hydrogen-bond donors (Lipinski definition) is 1. The van der Waals surface area contributed by atoms with Crippen molar-refractivity contribution in [2.45, 2.75) is 0 Å². The van der Waals surface area contributed by atoms with Crippen LogP contribution in [0.3, 0.4) is 0 Å². The lowest BCUT2D eigenvalue weighted by molar-refractivity contribution is -0.384. The molecule has 0 radical (unpaired) electrons. The maximum Gasteiger partial charge on any atom is 0.293 e. The summed E-state index contributed by atoms with van der Waals surface area (Å²) in [6.07, 6.45) is 1.45. The van der Waals surface area contributed by atoms with Gasteiger partial charge in [-0.25, -0.2) is 0 Å². The monoisotopic (exact) mass is 492 g/mol. The quantitative estimate of drug-likeness (QED) is 0.277. The molecule has 0 spiro atoms. The summed E-state index contributed by atoms with van der Waals surface area (Å²) in [6, 6.07) is 7.95. The number of phenols is 1. The third-order valence-corrected chi connectivity index (χ3v) is 5.66. The number of nitro benzene ring substituents is 1. The first-order valence-electron chi connectivity index (χ1n) is 8.30. The van der Waals surface area contributed by atoms with Gasteiger partial charge in [0.15, 0.2) is 17.3 Å². The summed E-state index contributed by atoms with van der Waals surface area (Å²) in [5.41, 5.74) is 0.482. The van der Waals surface area contributed by atoms with E-state index in [1.165, 1.54) is 43.5 Å². The molecule has 0 unspecified atom stereocenters. The molecule has 2 amide bonds. The summed E-state index contributed by atoms with van der Waals surface area (Å²) in [6.45, 7) is -0.484. The van der Waals surface area contributed by atoms with Crippen molar-refractivity contribution >= 4 is 56.4 Å². The summed E-state index contributed by atoms with van der Waals surface area (Å²) in [4.78, 5) is 48.3. The Bertz CT molecular complexity index is 1100. The summed E-state index contributed by atoms with van der Waals surface area (Å²) in [5, 5.41) is 20.0. The van der Waals surface area contributed by atoms with Crippen LogP contribution in [0.1, 0.15) is 15.9 Å². The molecule has 1 N–H and O–H groups in total. The Balaban J connectivity index is 1.79. The number of Topliss-reactive ketones (excluding diaryl/α,β-unsaturated/α-hetero) is 1. The Morgan fingerprint density at radius 3 is 2.57 bits per heavy atom. The number of ketones is 1. The molecule has 0 bridgehead atoms. The molecule has 154 valence electrons. The minimum absolute atomic E-state index is 0.101. The minimum atomic E-state index is -0.636. The molecule has 2 aromatic rings. The Labute approximate surface area is 182 Å². The highest BCUT2D eigenvalue weighted by atomic mass is 79.9. The number of carbonyl (C=O) groups is 3. The fourth-order valence-electron chi connectivity index (χ4n) is 2.62. The van der Waals surface area contributed by atoms with E-state index in [0.717, 1.165) is 4.90 Å². The van der Waals surface area contributed by atoms with Gasteiger partial charge in [-0.3, -0.25) is 29.4 Å². The van der Waals surface area contributed by atoms with Gasteiger partial charge in [0.1, 0.15) is 0 Å². The molecule has 1 aliphatic heterocycles. The number of aromatic hydroxyl groups is 1. The highest BCUT2D eigenvalue weighted by Gasteiger charge is 2.36. The van der Waals surface area contributed by atoms with E-state index in [9.17, 15) is 29.6 Å². The molecule has 9 nitrogen and oxygen atoms in total. The number of imide groups is 1. The number of halogens is 1. The third-order valence-electron chi connectivity index (χ3n) is 4.14. The van der Waals surface area contributed by atoms with Gasteiger partial charge in [-0.15, -0.1) is 0 Å². The van der Waals surface area contributed by atoms with Gasteiger partial charge >= 0.3 is 0 Å². The second-order valence-electron chi connectivity index (χ2n) is 6.05. The molecule has 0 aliphatic carbocycles. The molecule has 1 fully saturated rings. The van der Waals surface area contributed by atoms with Crippen molar-refractivity contribution < 1.29 is 29.2 Å². The van der Waals surface area contributed by atoms with E-state index in [1.807, 2.05) is 0 Å². The Kier molecular flexibility index (Phi) is 6.22. The molecule has 1 saturated heterocycles. The largest absolute Gasteiger partial charge is 0.503 e. The highest BCUT2D eigenvalue weighted by molar-refractivity contribution is 9.10. The maximum absolute atomic E-state index is 12.6. The van der Waals surface area contributed by atoms with Gasteiger partial charge in [0.05, 0.1) is 28.0 Å². The van der Waals surface area contributed by atoms with Gasteiger partial charge in [-0.1, -0.05) is 0 Å². The number of methoxy groups -OCH3 is 1. The normalized spacial score (nSPS) is 15.0. The number of rotatable bonds is 6. The van der Waals surface area contributed by atoms with E-state index in [-0.39, 0.29) is 27.7 Å². The number of ether oxygens (including phenoxy) is 1. The number of amides is 2. The van der Waals surface area contributed by atoms with Crippen LogP contribution in [0.4, 0.5) is 10.5 Å². The lowest BCUT2D eigenvalue weighted by Gasteiger charge is -2.11. The van der Waals surface area contributed by atoms with Crippen LogP contribution >= 0.6 is 27.7 Å². The van der Waals surface area contributed by atoms with Crippen LogP contribution in [-0.4, -0.2) is 45.5 Å². The first-order chi connectivity index (χ1) is 14.2. The summed E-state index contributed by atoms with van der Waals surface area (Å²) < 4.78 is 5.41. The first kappa shape index (κ1) is 21.5. The number of benzene rings is 2. The zero-order valence-electron chi connectivity index (χ0n) is 15.3. The molecule has 0 saturated carbocycles. The van der Waals surface area contributed by atoms with Crippen molar-refractivity contribution in [3.05, 3.63) is 67.0 Å². The van der Waals surface area contributed by atoms with Gasteiger partial charge < -0.3 is 9.84 Å². The van der Waals surface area contributed by atoms with E-state index >= 15 is 0 Å². The smallest absolute Gasteiger partial charge is 0.293 e. The van der Waals surface area contributed by atoms with E-state index in [2.05, 4.69) is 15.9 Å². The van der Waals surface area contributed by atoms with E-state index in [4.69, 9.17) is 4.74 Å². The average molecular weight is 493 g/mol. The SMILES string of the molecule is COc1cc(/C=C2/SC(=O)N(CC(=O)c3ccc([N+](=O)[O-])cc3)C2=O)cc(Br)c1O. The van der Waals surface area contributed by atoms with E-state index in [1.54, 1.807) is 6.07 Å². The van der Waals surface area contributed by atoms with Gasteiger partial charge in [-0.2, -0.15) is 0 Å². The predicted molar refractivity (Wildman–Crippen MR) is 112 cm³/mol. The molecule has 0 aromatic heterocycles. The molecule has 1 aliphatic rings. The second kappa shape index (κ2) is 8.67. The fraction of sp³-hybridized carbons (Fsp3) is 0.105. The van der Waals surface area contributed by atoms with Crippen molar-refractivity contribution in [3.8, 4) is 11.5 Å². The van der Waals surface area contributed by atoms with E-state index in [0.29, 0.717) is 21.8 Å². The maximum atomic E-state index is 12.6. The summed E-state index contributed by atoms with van der Waals surface area (Å²) >= 11 is 3.87. The Hall–Kier alpha value is -3.18. The van der Waals surface area contributed by atoms with Crippen molar-refractivity contribution in [3.63, 3.8) is 0 Å². The standard InChI is InChI=1S/C19H13BrN2O7S/c1-29-15-7-10(6-13(20)17(15)24)8-16-18(25)21(19(26)30-16)9-14(23)11-2-4-12(5-3-11)22(27)28/h2-8,24H,9H2,1H3/b16-8+. The Morgan fingerprint density at radius 1 is 1.30 bits per heavy atom. The third kappa shape index (κ3) is 4.36. The lowest BCUT2D eigenvalue weighted by Crippen LogP contribution is -2.33. The van der Waals surface area contributed by atoms with E-state index < -0.39 is 28.4 Å². The van der Waals surface area contributed by atoms with Crippen molar-refractivity contribution in [2.75, 3.05) is 13.7 Å². The number of nitrogens with zero attached hydrogens (tertiary/aromatic N) is 2. The average Bonchev–Trinajstić information content (AvgIpc) is 2.97. The van der Waals surface area contributed by atoms with Crippen LogP contribution in [0.2, 0.25) is 0 Å². The summed E-state index contributed by atoms with van der Waals surface area (Å²) in [7, 11) is 1.38. The van der Waals surface area contributed by atoms with Crippen molar-refractivity contribution in [1.82, 2.24) is 4.90 Å². The number of non-ortho nitro benzene ring substituents is 1. The zero-order chi connectivity index (χ0) is 22.0. The summed E-state index contributed by atoms with van der Waals surface area (Å²) in [5.74, 6) is -1.08. The highest BCUT2D eigenvalue weighted by Crippen LogP contribution is 2.38. The molecular formula is C19H13BrN2O7S. The van der Waals surface area contributed by atoms with Crippen LogP contribution in [0, 0.1) is 10.1 Å². The fourth-order valence-corrected chi connectivity index (χ4v) is 3.92. The molecule has 30 heavy (non-hydrogen) atoms. The van der Waals surface area contributed by atoms with Gasteiger partial charge in [0.2, 0.25) is 0 Å². The van der Waals surface area contributed by atoms with Crippen molar-refractivity contribution in [2.24, 2.45) is 0 Å². The lowest BCUT2D eigenvalue weighted by atomic mass is 10.1. The van der Waals surface area contributed by atoms with Crippen LogP contribution in [0.25, 0.3) is 6.08 Å². The van der Waals surface area contributed by atoms with Gasteiger partial charge in [-0.05, 0) is 63.6 Å². The van der Waals surface area contributed by atoms with Crippen LogP contribution < -0.4 is 4.74 Å².